The molecule has 1 aromatic heterocycles. The van der Waals surface area contributed by atoms with Gasteiger partial charge >= 0.3 is 6.18 Å². The average Bonchev–Trinajstić information content (AvgIpc) is 2.45. The Kier molecular flexibility index (Phi) is 4.40. The second kappa shape index (κ2) is 5.92. The first-order valence-corrected chi connectivity index (χ1v) is 7.12. The highest BCUT2D eigenvalue weighted by Gasteiger charge is 2.33. The second-order valence-corrected chi connectivity index (χ2v) is 5.17. The summed E-state index contributed by atoms with van der Waals surface area (Å²) >= 11 is 0. The molecule has 0 amide bonds. The molecular formula is C16H19F3N2. The number of fused-ring (bicyclic) bond motifs is 1. The predicted octanol–water partition coefficient (Wildman–Crippen LogP) is 5.20. The standard InChI is InChI=1S/C16H19F3N2/c1-4-10(3)11-6-7-13-12(8-11)14(20-5-2)9-15(21-13)16(17,18)19/h6-10H,4-5H2,1-3H3,(H,20,21). The average molecular weight is 296 g/mol. The zero-order chi connectivity index (χ0) is 15.6. The van der Waals surface area contributed by atoms with E-state index in [9.17, 15) is 13.2 Å². The van der Waals surface area contributed by atoms with Crippen LogP contribution in [0.3, 0.4) is 0 Å². The van der Waals surface area contributed by atoms with E-state index in [0.717, 1.165) is 23.4 Å². The Labute approximate surface area is 122 Å². The highest BCUT2D eigenvalue weighted by atomic mass is 19.4. The number of rotatable bonds is 4. The van der Waals surface area contributed by atoms with Crippen LogP contribution in [0.15, 0.2) is 24.3 Å². The largest absolute Gasteiger partial charge is 0.433 e. The van der Waals surface area contributed by atoms with Crippen molar-refractivity contribution in [2.24, 2.45) is 0 Å². The number of anilines is 1. The van der Waals surface area contributed by atoms with Crippen molar-refractivity contribution in [2.45, 2.75) is 39.3 Å². The zero-order valence-electron chi connectivity index (χ0n) is 12.4. The van der Waals surface area contributed by atoms with Crippen LogP contribution in [0.5, 0.6) is 0 Å². The molecule has 2 aromatic rings. The fourth-order valence-electron chi connectivity index (χ4n) is 2.27. The highest BCUT2D eigenvalue weighted by Crippen LogP contribution is 2.34. The molecule has 21 heavy (non-hydrogen) atoms. The van der Waals surface area contributed by atoms with E-state index >= 15 is 0 Å². The third-order valence-corrected chi connectivity index (χ3v) is 3.67. The second-order valence-electron chi connectivity index (χ2n) is 5.17. The minimum Gasteiger partial charge on any atom is -0.385 e. The molecule has 0 aliphatic heterocycles. The SMILES string of the molecule is CCNc1cc(C(F)(F)F)nc2ccc(C(C)CC)cc12. The number of benzene rings is 1. The highest BCUT2D eigenvalue weighted by molar-refractivity contribution is 5.92. The zero-order valence-corrected chi connectivity index (χ0v) is 12.4. The molecule has 0 saturated carbocycles. The lowest BCUT2D eigenvalue weighted by Gasteiger charge is -2.15. The maximum absolute atomic E-state index is 12.9. The molecule has 1 atom stereocenters. The number of alkyl halides is 3. The number of aromatic nitrogens is 1. The molecule has 2 nitrogen and oxygen atoms in total. The van der Waals surface area contributed by atoms with E-state index < -0.39 is 11.9 Å². The molecule has 0 aliphatic rings. The van der Waals surface area contributed by atoms with Crippen LogP contribution in [-0.4, -0.2) is 11.5 Å². The normalized spacial score (nSPS) is 13.4. The van der Waals surface area contributed by atoms with Crippen molar-refractivity contribution in [3.8, 4) is 0 Å². The van der Waals surface area contributed by atoms with Crippen LogP contribution in [0, 0.1) is 0 Å². The van der Waals surface area contributed by atoms with E-state index in [1.54, 1.807) is 6.07 Å². The summed E-state index contributed by atoms with van der Waals surface area (Å²) in [5.41, 5.74) is 1.11. The van der Waals surface area contributed by atoms with E-state index in [-0.39, 0.29) is 0 Å². The smallest absolute Gasteiger partial charge is 0.385 e. The van der Waals surface area contributed by atoms with Gasteiger partial charge in [-0.3, -0.25) is 0 Å². The summed E-state index contributed by atoms with van der Waals surface area (Å²) in [6.07, 6.45) is -3.45. The van der Waals surface area contributed by atoms with Crippen molar-refractivity contribution in [1.29, 1.82) is 0 Å². The van der Waals surface area contributed by atoms with Crippen molar-refractivity contribution < 1.29 is 13.2 Å². The molecule has 1 heterocycles. The van der Waals surface area contributed by atoms with Gasteiger partial charge in [-0.25, -0.2) is 4.98 Å². The van der Waals surface area contributed by atoms with E-state index in [1.165, 1.54) is 0 Å². The van der Waals surface area contributed by atoms with Crippen LogP contribution in [0.1, 0.15) is 44.4 Å². The van der Waals surface area contributed by atoms with Gasteiger partial charge in [0.05, 0.1) is 5.52 Å². The van der Waals surface area contributed by atoms with Gasteiger partial charge in [0.25, 0.3) is 0 Å². The van der Waals surface area contributed by atoms with Gasteiger partial charge in [0, 0.05) is 17.6 Å². The van der Waals surface area contributed by atoms with Crippen molar-refractivity contribution in [3.05, 3.63) is 35.5 Å². The molecule has 0 aliphatic carbocycles. The molecule has 5 heteroatoms. The number of pyridine rings is 1. The summed E-state index contributed by atoms with van der Waals surface area (Å²) in [5, 5.41) is 3.75. The number of hydrogen-bond acceptors (Lipinski definition) is 2. The lowest BCUT2D eigenvalue weighted by atomic mass is 9.96. The molecule has 0 radical (unpaired) electrons. The van der Waals surface area contributed by atoms with E-state index in [0.29, 0.717) is 23.7 Å². The Morgan fingerprint density at radius 1 is 1.19 bits per heavy atom. The monoisotopic (exact) mass is 296 g/mol. The fraction of sp³-hybridized carbons (Fsp3) is 0.438. The Balaban J connectivity index is 2.64. The van der Waals surface area contributed by atoms with Crippen LogP contribution in [-0.2, 0) is 6.18 Å². The van der Waals surface area contributed by atoms with Gasteiger partial charge in [0.2, 0.25) is 0 Å². The van der Waals surface area contributed by atoms with Crippen LogP contribution in [0.2, 0.25) is 0 Å². The van der Waals surface area contributed by atoms with E-state index in [1.807, 2.05) is 19.1 Å². The minimum absolute atomic E-state index is 0.367. The third kappa shape index (κ3) is 3.28. The number of hydrogen-bond donors (Lipinski definition) is 1. The predicted molar refractivity (Wildman–Crippen MR) is 79.6 cm³/mol. The topological polar surface area (TPSA) is 24.9 Å². The Bertz CT molecular complexity index is 635. The van der Waals surface area contributed by atoms with Gasteiger partial charge in [-0.2, -0.15) is 13.2 Å². The van der Waals surface area contributed by atoms with Crippen LogP contribution in [0.4, 0.5) is 18.9 Å². The fourth-order valence-corrected chi connectivity index (χ4v) is 2.27. The van der Waals surface area contributed by atoms with Crippen molar-refractivity contribution >= 4 is 16.6 Å². The summed E-state index contributed by atoms with van der Waals surface area (Å²) in [6, 6.07) is 6.56. The first-order chi connectivity index (χ1) is 9.86. The summed E-state index contributed by atoms with van der Waals surface area (Å²) in [4.78, 5) is 3.75. The number of nitrogens with zero attached hydrogens (tertiary/aromatic N) is 1. The molecule has 1 aromatic carbocycles. The van der Waals surface area contributed by atoms with Crippen molar-refractivity contribution in [3.63, 3.8) is 0 Å². The lowest BCUT2D eigenvalue weighted by molar-refractivity contribution is -0.140. The number of halogens is 3. The van der Waals surface area contributed by atoms with Gasteiger partial charge in [-0.1, -0.05) is 19.9 Å². The molecule has 0 saturated heterocycles. The third-order valence-electron chi connectivity index (χ3n) is 3.67. The van der Waals surface area contributed by atoms with E-state index in [2.05, 4.69) is 24.1 Å². The minimum atomic E-state index is -4.44. The van der Waals surface area contributed by atoms with Gasteiger partial charge in [0.1, 0.15) is 5.69 Å². The summed E-state index contributed by atoms with van der Waals surface area (Å²) in [5.74, 6) is 0.367. The lowest BCUT2D eigenvalue weighted by Crippen LogP contribution is -2.10. The van der Waals surface area contributed by atoms with Crippen molar-refractivity contribution in [1.82, 2.24) is 4.98 Å². The van der Waals surface area contributed by atoms with Crippen molar-refractivity contribution in [2.75, 3.05) is 11.9 Å². The molecule has 0 spiro atoms. The van der Waals surface area contributed by atoms with Crippen LogP contribution >= 0.6 is 0 Å². The molecule has 1 unspecified atom stereocenters. The quantitative estimate of drug-likeness (QED) is 0.839. The Morgan fingerprint density at radius 3 is 2.48 bits per heavy atom. The first kappa shape index (κ1) is 15.6. The molecule has 114 valence electrons. The number of nitrogens with one attached hydrogen (secondary N) is 1. The molecule has 0 fully saturated rings. The van der Waals surface area contributed by atoms with Gasteiger partial charge < -0.3 is 5.32 Å². The maximum atomic E-state index is 12.9. The van der Waals surface area contributed by atoms with Gasteiger partial charge in [-0.15, -0.1) is 0 Å². The molecular weight excluding hydrogens is 277 g/mol. The molecule has 2 rings (SSSR count). The Morgan fingerprint density at radius 2 is 1.90 bits per heavy atom. The van der Waals surface area contributed by atoms with Crippen LogP contribution < -0.4 is 5.32 Å². The van der Waals surface area contributed by atoms with Gasteiger partial charge in [0.15, 0.2) is 0 Å². The molecule has 1 N–H and O–H groups in total. The summed E-state index contributed by atoms with van der Waals surface area (Å²) < 4.78 is 38.7. The van der Waals surface area contributed by atoms with Crippen LogP contribution in [0.25, 0.3) is 10.9 Å². The maximum Gasteiger partial charge on any atom is 0.433 e. The summed E-state index contributed by atoms with van der Waals surface area (Å²) in [7, 11) is 0. The summed E-state index contributed by atoms with van der Waals surface area (Å²) in [6.45, 7) is 6.61. The van der Waals surface area contributed by atoms with E-state index in [4.69, 9.17) is 0 Å². The first-order valence-electron chi connectivity index (χ1n) is 7.12. The molecule has 0 bridgehead atoms. The Hall–Kier alpha value is -1.78. The van der Waals surface area contributed by atoms with Gasteiger partial charge in [-0.05, 0) is 43.0 Å².